The normalized spacial score (nSPS) is 20.4. The predicted molar refractivity (Wildman–Crippen MR) is 104 cm³/mol. The van der Waals surface area contributed by atoms with Crippen LogP contribution in [-0.4, -0.2) is 58.6 Å². The van der Waals surface area contributed by atoms with E-state index in [-0.39, 0.29) is 30.9 Å². The van der Waals surface area contributed by atoms with Gasteiger partial charge in [0.15, 0.2) is 17.3 Å². The fraction of sp³-hybridized carbons (Fsp3) is 0.526. The number of piperidine rings is 1. The zero-order valence-electron chi connectivity index (χ0n) is 16.1. The summed E-state index contributed by atoms with van der Waals surface area (Å²) in [5, 5.41) is 11.7. The van der Waals surface area contributed by atoms with Crippen molar-refractivity contribution < 1.29 is 18.3 Å². The number of carbonyl (C=O) groups excluding carboxylic acids is 1. The van der Waals surface area contributed by atoms with Crippen molar-refractivity contribution in [1.29, 1.82) is 0 Å². The second-order valence-corrected chi connectivity index (χ2v) is 7.23. The van der Waals surface area contributed by atoms with Crippen LogP contribution in [0.3, 0.4) is 0 Å². The van der Waals surface area contributed by atoms with E-state index < -0.39 is 17.7 Å². The smallest absolute Gasteiger partial charge is 0.276 e. The molecule has 3 heterocycles. The number of aromatic nitrogens is 3. The predicted octanol–water partition coefficient (Wildman–Crippen LogP) is 2.42. The third-order valence-corrected chi connectivity index (χ3v) is 5.45. The van der Waals surface area contributed by atoms with Crippen LogP contribution in [0.4, 0.5) is 8.78 Å². The molecule has 7 nitrogen and oxygen atoms in total. The van der Waals surface area contributed by atoms with Crippen molar-refractivity contribution in [2.75, 3.05) is 32.8 Å². The molecule has 1 N–H and O–H groups in total. The first-order valence-electron chi connectivity index (χ1n) is 9.53. The van der Waals surface area contributed by atoms with Gasteiger partial charge >= 0.3 is 0 Å². The highest BCUT2D eigenvalue weighted by molar-refractivity contribution is 5.93. The Labute approximate surface area is 173 Å². The molecule has 2 aliphatic heterocycles. The van der Waals surface area contributed by atoms with E-state index in [0.29, 0.717) is 24.4 Å². The van der Waals surface area contributed by atoms with E-state index in [4.69, 9.17) is 4.74 Å². The Morgan fingerprint density at radius 2 is 2.00 bits per heavy atom. The molecule has 29 heavy (non-hydrogen) atoms. The first kappa shape index (κ1) is 21.6. The second-order valence-electron chi connectivity index (χ2n) is 7.23. The molecule has 4 rings (SSSR count). The number of halogens is 3. The van der Waals surface area contributed by atoms with Gasteiger partial charge in [0.05, 0.1) is 24.9 Å². The van der Waals surface area contributed by atoms with Gasteiger partial charge in [-0.05, 0) is 50.6 Å². The Bertz CT molecular complexity index is 872. The molecule has 2 saturated heterocycles. The molecule has 2 fully saturated rings. The Morgan fingerprint density at radius 3 is 2.72 bits per heavy atom. The number of ether oxygens (including phenoxy) is 1. The zero-order valence-corrected chi connectivity index (χ0v) is 16.9. The molecule has 10 heteroatoms. The molecule has 1 aromatic carbocycles. The van der Waals surface area contributed by atoms with Gasteiger partial charge in [0, 0.05) is 6.54 Å². The topological polar surface area (TPSA) is 72.3 Å². The fourth-order valence-corrected chi connectivity index (χ4v) is 3.83. The van der Waals surface area contributed by atoms with Crippen molar-refractivity contribution in [2.24, 2.45) is 0 Å². The van der Waals surface area contributed by atoms with Crippen LogP contribution >= 0.6 is 12.4 Å². The average molecular weight is 428 g/mol. The zero-order chi connectivity index (χ0) is 19.7. The number of rotatable bonds is 3. The minimum Gasteiger partial charge on any atom is -0.370 e. The van der Waals surface area contributed by atoms with E-state index in [0.717, 1.165) is 43.8 Å². The summed E-state index contributed by atoms with van der Waals surface area (Å²) >= 11 is 0. The van der Waals surface area contributed by atoms with E-state index >= 15 is 0 Å². The van der Waals surface area contributed by atoms with E-state index in [1.54, 1.807) is 4.90 Å². The van der Waals surface area contributed by atoms with Gasteiger partial charge in [-0.3, -0.25) is 4.79 Å². The molecule has 158 valence electrons. The molecule has 0 bridgehead atoms. The first-order chi connectivity index (χ1) is 13.5. The van der Waals surface area contributed by atoms with E-state index in [1.807, 2.05) is 11.6 Å². The Kier molecular flexibility index (Phi) is 6.81. The summed E-state index contributed by atoms with van der Waals surface area (Å²) in [7, 11) is 0. The number of morpholine rings is 1. The van der Waals surface area contributed by atoms with Gasteiger partial charge in [0.25, 0.3) is 5.91 Å². The summed E-state index contributed by atoms with van der Waals surface area (Å²) < 4.78 is 34.3. The van der Waals surface area contributed by atoms with E-state index in [1.165, 1.54) is 6.07 Å². The third kappa shape index (κ3) is 4.41. The van der Waals surface area contributed by atoms with Crippen molar-refractivity contribution in [2.45, 2.75) is 31.9 Å². The summed E-state index contributed by atoms with van der Waals surface area (Å²) in [6.07, 6.45) is 1.40. The lowest BCUT2D eigenvalue weighted by molar-refractivity contribution is -0.0232. The van der Waals surface area contributed by atoms with Gasteiger partial charge in [-0.25, -0.2) is 13.5 Å². The molecular formula is C19H24ClF2N5O2. The standard InChI is InChI=1S/C19H23F2N5O2.ClH/c1-12-18(23-24-26(12)14-4-6-22-7-5-14)19(27)25-8-9-28-17(11-25)13-2-3-15(20)16(21)10-13;/h2-3,10,14,17,22H,4-9,11H2,1H3;1H. The number of amides is 1. The van der Waals surface area contributed by atoms with Gasteiger partial charge in [-0.15, -0.1) is 17.5 Å². The van der Waals surface area contributed by atoms with Crippen LogP contribution in [0.15, 0.2) is 18.2 Å². The largest absolute Gasteiger partial charge is 0.370 e. The number of benzene rings is 1. The molecule has 0 radical (unpaired) electrons. The van der Waals surface area contributed by atoms with Gasteiger partial charge in [0.2, 0.25) is 0 Å². The molecule has 1 amide bonds. The maximum Gasteiger partial charge on any atom is 0.276 e. The Morgan fingerprint density at radius 1 is 1.24 bits per heavy atom. The Balaban J connectivity index is 0.00000240. The van der Waals surface area contributed by atoms with Crippen LogP contribution in [0, 0.1) is 18.6 Å². The van der Waals surface area contributed by atoms with Gasteiger partial charge in [0.1, 0.15) is 6.10 Å². The lowest BCUT2D eigenvalue weighted by atomic mass is 10.1. The summed E-state index contributed by atoms with van der Waals surface area (Å²) in [5.41, 5.74) is 1.60. The summed E-state index contributed by atoms with van der Waals surface area (Å²) in [6.45, 7) is 4.70. The Hall–Kier alpha value is -2.10. The molecule has 1 atom stereocenters. The van der Waals surface area contributed by atoms with E-state index in [2.05, 4.69) is 15.6 Å². The average Bonchev–Trinajstić information content (AvgIpc) is 3.11. The minimum absolute atomic E-state index is 0. The van der Waals surface area contributed by atoms with Crippen molar-refractivity contribution in [3.63, 3.8) is 0 Å². The van der Waals surface area contributed by atoms with Gasteiger partial charge in [-0.1, -0.05) is 11.3 Å². The number of hydrogen-bond donors (Lipinski definition) is 1. The van der Waals surface area contributed by atoms with Crippen LogP contribution in [-0.2, 0) is 4.74 Å². The van der Waals surface area contributed by atoms with E-state index in [9.17, 15) is 13.6 Å². The second kappa shape index (κ2) is 9.15. The summed E-state index contributed by atoms with van der Waals surface area (Å²) in [5.74, 6) is -2.04. The first-order valence-corrected chi connectivity index (χ1v) is 9.53. The molecule has 2 aromatic rings. The van der Waals surface area contributed by atoms with Gasteiger partial charge in [-0.2, -0.15) is 0 Å². The molecule has 0 aliphatic carbocycles. The maximum atomic E-state index is 13.6. The minimum atomic E-state index is -0.926. The molecule has 0 spiro atoms. The van der Waals surface area contributed by atoms with Crippen molar-refractivity contribution in [3.8, 4) is 0 Å². The number of nitrogens with zero attached hydrogens (tertiary/aromatic N) is 4. The van der Waals surface area contributed by atoms with Crippen molar-refractivity contribution in [1.82, 2.24) is 25.2 Å². The SMILES string of the molecule is Cc1c(C(=O)N2CCOC(c3ccc(F)c(F)c3)C2)nnn1C1CCNCC1.Cl. The van der Waals surface area contributed by atoms with Crippen LogP contribution in [0.25, 0.3) is 0 Å². The lowest BCUT2D eigenvalue weighted by Crippen LogP contribution is -2.42. The van der Waals surface area contributed by atoms with Crippen molar-refractivity contribution >= 4 is 18.3 Å². The molecule has 1 aromatic heterocycles. The van der Waals surface area contributed by atoms with Crippen molar-refractivity contribution in [3.05, 3.63) is 46.8 Å². The maximum absolute atomic E-state index is 13.6. The quantitative estimate of drug-likeness (QED) is 0.814. The summed E-state index contributed by atoms with van der Waals surface area (Å²) in [4.78, 5) is 14.7. The molecule has 2 aliphatic rings. The third-order valence-electron chi connectivity index (χ3n) is 5.45. The summed E-state index contributed by atoms with van der Waals surface area (Å²) in [6, 6.07) is 3.92. The molecular weight excluding hydrogens is 404 g/mol. The highest BCUT2D eigenvalue weighted by atomic mass is 35.5. The number of hydrogen-bond acceptors (Lipinski definition) is 5. The highest BCUT2D eigenvalue weighted by Gasteiger charge is 2.30. The molecule has 0 saturated carbocycles. The van der Waals surface area contributed by atoms with Crippen LogP contribution in [0.1, 0.15) is 46.7 Å². The number of nitrogens with one attached hydrogen (secondary N) is 1. The van der Waals surface area contributed by atoms with Crippen LogP contribution < -0.4 is 5.32 Å². The monoisotopic (exact) mass is 427 g/mol. The van der Waals surface area contributed by atoms with Crippen LogP contribution in [0.2, 0.25) is 0 Å². The number of carbonyl (C=O) groups is 1. The molecule has 1 unspecified atom stereocenters. The van der Waals surface area contributed by atoms with Crippen LogP contribution in [0.5, 0.6) is 0 Å². The highest BCUT2D eigenvalue weighted by Crippen LogP contribution is 2.26. The fourth-order valence-electron chi connectivity index (χ4n) is 3.83. The van der Waals surface area contributed by atoms with Gasteiger partial charge < -0.3 is 15.0 Å². The lowest BCUT2D eigenvalue weighted by Gasteiger charge is -2.33.